The summed E-state index contributed by atoms with van der Waals surface area (Å²) >= 11 is 0. The average Bonchev–Trinajstić information content (AvgIpc) is 2.43. The number of nitrogens with zero attached hydrogens (tertiary/aromatic N) is 1. The minimum absolute atomic E-state index is 0.164. The summed E-state index contributed by atoms with van der Waals surface area (Å²) in [6.45, 7) is 13.6. The van der Waals surface area contributed by atoms with Crippen LogP contribution >= 0.6 is 0 Å². The highest BCUT2D eigenvalue weighted by Crippen LogP contribution is 2.23. The number of Topliss-reactive ketones (excluding diaryl/α,β-unsaturated/α-hetero) is 1. The third-order valence-electron chi connectivity index (χ3n) is 4.42. The Morgan fingerprint density at radius 1 is 1.14 bits per heavy atom. The van der Waals surface area contributed by atoms with E-state index in [1.165, 1.54) is 32.4 Å². The number of rotatable bonds is 10. The summed E-state index contributed by atoms with van der Waals surface area (Å²) in [6.07, 6.45) is 5.61. The van der Waals surface area contributed by atoms with Gasteiger partial charge in [0.05, 0.1) is 6.61 Å². The first kappa shape index (κ1) is 18.6. The van der Waals surface area contributed by atoms with Gasteiger partial charge in [-0.15, -0.1) is 0 Å². The molecule has 3 nitrogen and oxygen atoms in total. The Balaban J connectivity index is 1.96. The molecule has 0 aromatic heterocycles. The Bertz CT molecular complexity index is 281. The maximum absolute atomic E-state index is 11.5. The zero-order valence-corrected chi connectivity index (χ0v) is 14.6. The molecular weight excluding hydrogens is 262 g/mol. The number of likely N-dealkylation sites (tertiary alicyclic amines) is 1. The molecule has 0 aromatic rings. The smallest absolute Gasteiger partial charge is 0.135 e. The average molecular weight is 297 g/mol. The molecule has 0 radical (unpaired) electrons. The largest absolute Gasteiger partial charge is 0.380 e. The van der Waals surface area contributed by atoms with E-state index in [9.17, 15) is 4.79 Å². The summed E-state index contributed by atoms with van der Waals surface area (Å²) in [6, 6.07) is 0. The highest BCUT2D eigenvalue weighted by molar-refractivity contribution is 5.80. The zero-order valence-electron chi connectivity index (χ0n) is 14.6. The monoisotopic (exact) mass is 297 g/mol. The van der Waals surface area contributed by atoms with Gasteiger partial charge in [-0.1, -0.05) is 27.7 Å². The summed E-state index contributed by atoms with van der Waals surface area (Å²) in [7, 11) is 0. The van der Waals surface area contributed by atoms with Crippen LogP contribution in [0, 0.1) is 17.8 Å². The molecule has 21 heavy (non-hydrogen) atoms. The highest BCUT2D eigenvalue weighted by atomic mass is 16.5. The summed E-state index contributed by atoms with van der Waals surface area (Å²) in [5.74, 6) is 2.28. The van der Waals surface area contributed by atoms with Crippen molar-refractivity contribution in [2.75, 3.05) is 32.8 Å². The van der Waals surface area contributed by atoms with Gasteiger partial charge in [-0.2, -0.15) is 0 Å². The van der Waals surface area contributed by atoms with E-state index in [1.807, 2.05) is 13.8 Å². The van der Waals surface area contributed by atoms with Crippen LogP contribution in [0.25, 0.3) is 0 Å². The summed E-state index contributed by atoms with van der Waals surface area (Å²) in [5.41, 5.74) is 0. The van der Waals surface area contributed by atoms with E-state index < -0.39 is 0 Å². The number of carbonyl (C=O) groups excluding carboxylic acids is 1. The summed E-state index contributed by atoms with van der Waals surface area (Å²) in [5, 5.41) is 0. The topological polar surface area (TPSA) is 29.5 Å². The van der Waals surface area contributed by atoms with Crippen molar-refractivity contribution < 1.29 is 9.53 Å². The van der Waals surface area contributed by atoms with Crippen LogP contribution in [-0.2, 0) is 9.53 Å². The molecule has 0 bridgehead atoms. The van der Waals surface area contributed by atoms with Gasteiger partial charge in [0.2, 0.25) is 0 Å². The van der Waals surface area contributed by atoms with Crippen LogP contribution < -0.4 is 0 Å². The van der Waals surface area contributed by atoms with Crippen molar-refractivity contribution in [3.63, 3.8) is 0 Å². The van der Waals surface area contributed by atoms with Crippen LogP contribution in [0.5, 0.6) is 0 Å². The van der Waals surface area contributed by atoms with E-state index in [1.54, 1.807) is 0 Å². The first-order chi connectivity index (χ1) is 9.99. The number of carbonyl (C=O) groups is 1. The van der Waals surface area contributed by atoms with Gasteiger partial charge in [-0.25, -0.2) is 0 Å². The van der Waals surface area contributed by atoms with Gasteiger partial charge in [0.25, 0.3) is 0 Å². The van der Waals surface area contributed by atoms with E-state index in [2.05, 4.69) is 18.7 Å². The van der Waals surface area contributed by atoms with E-state index in [0.29, 0.717) is 12.2 Å². The fraction of sp³-hybridized carbons (Fsp3) is 0.944. The Labute approximate surface area is 131 Å². The van der Waals surface area contributed by atoms with Crippen LogP contribution in [0.2, 0.25) is 0 Å². The van der Waals surface area contributed by atoms with Crippen molar-refractivity contribution in [2.45, 2.75) is 59.8 Å². The van der Waals surface area contributed by atoms with Gasteiger partial charge in [0.1, 0.15) is 5.78 Å². The molecule has 0 spiro atoms. The molecule has 1 rings (SSSR count). The molecule has 1 saturated heterocycles. The Morgan fingerprint density at radius 2 is 1.81 bits per heavy atom. The van der Waals surface area contributed by atoms with Gasteiger partial charge in [0, 0.05) is 25.5 Å². The van der Waals surface area contributed by atoms with Gasteiger partial charge in [-0.3, -0.25) is 4.79 Å². The maximum atomic E-state index is 11.5. The van der Waals surface area contributed by atoms with Crippen LogP contribution in [-0.4, -0.2) is 43.5 Å². The number of ketones is 1. The Morgan fingerprint density at radius 3 is 2.38 bits per heavy atom. The van der Waals surface area contributed by atoms with Crippen molar-refractivity contribution in [1.82, 2.24) is 4.90 Å². The Hall–Kier alpha value is -0.410. The maximum Gasteiger partial charge on any atom is 0.135 e. The van der Waals surface area contributed by atoms with E-state index in [-0.39, 0.29) is 5.92 Å². The van der Waals surface area contributed by atoms with E-state index >= 15 is 0 Å². The van der Waals surface area contributed by atoms with Crippen LogP contribution in [0.4, 0.5) is 0 Å². The van der Waals surface area contributed by atoms with Crippen LogP contribution in [0.1, 0.15) is 59.8 Å². The van der Waals surface area contributed by atoms with Crippen LogP contribution in [0.3, 0.4) is 0 Å². The molecule has 1 fully saturated rings. The lowest BCUT2D eigenvalue weighted by Crippen LogP contribution is -2.36. The molecule has 124 valence electrons. The van der Waals surface area contributed by atoms with Crippen molar-refractivity contribution in [2.24, 2.45) is 17.8 Å². The molecule has 0 amide bonds. The standard InChI is InChI=1S/C18H35NO2/c1-15(2)14-17-7-9-19(10-8-17)11-13-21-12-5-6-18(20)16(3)4/h15-17H,5-14H2,1-4H3. The normalized spacial score (nSPS) is 17.8. The minimum Gasteiger partial charge on any atom is -0.380 e. The predicted octanol–water partition coefficient (Wildman–Crippen LogP) is 3.77. The second-order valence-corrected chi connectivity index (χ2v) is 7.25. The van der Waals surface area contributed by atoms with Gasteiger partial charge < -0.3 is 9.64 Å². The number of hydrogen-bond donors (Lipinski definition) is 0. The van der Waals surface area contributed by atoms with Crippen molar-refractivity contribution in [1.29, 1.82) is 0 Å². The molecule has 0 saturated carbocycles. The van der Waals surface area contributed by atoms with Crippen LogP contribution in [0.15, 0.2) is 0 Å². The van der Waals surface area contributed by atoms with E-state index in [4.69, 9.17) is 4.74 Å². The quantitative estimate of drug-likeness (QED) is 0.575. The third kappa shape index (κ3) is 8.57. The van der Waals surface area contributed by atoms with Crippen molar-refractivity contribution in [3.05, 3.63) is 0 Å². The van der Waals surface area contributed by atoms with E-state index in [0.717, 1.165) is 38.0 Å². The highest BCUT2D eigenvalue weighted by Gasteiger charge is 2.19. The van der Waals surface area contributed by atoms with Crippen molar-refractivity contribution >= 4 is 5.78 Å². The molecule has 1 heterocycles. The SMILES string of the molecule is CC(C)CC1CCN(CCOCCCC(=O)C(C)C)CC1. The lowest BCUT2D eigenvalue weighted by atomic mass is 9.89. The fourth-order valence-corrected chi connectivity index (χ4v) is 3.05. The van der Waals surface area contributed by atoms with Gasteiger partial charge in [-0.05, 0) is 50.6 Å². The number of ether oxygens (including phenoxy) is 1. The lowest BCUT2D eigenvalue weighted by Gasteiger charge is -2.32. The second-order valence-electron chi connectivity index (χ2n) is 7.25. The van der Waals surface area contributed by atoms with Gasteiger partial charge >= 0.3 is 0 Å². The molecule has 0 unspecified atom stereocenters. The minimum atomic E-state index is 0.164. The Kier molecular flexibility index (Phi) is 9.18. The van der Waals surface area contributed by atoms with Gasteiger partial charge in [0.15, 0.2) is 0 Å². The number of piperidine rings is 1. The fourth-order valence-electron chi connectivity index (χ4n) is 3.05. The molecule has 0 aromatic carbocycles. The summed E-state index contributed by atoms with van der Waals surface area (Å²) in [4.78, 5) is 14.0. The predicted molar refractivity (Wildman–Crippen MR) is 88.5 cm³/mol. The first-order valence-corrected chi connectivity index (χ1v) is 8.81. The molecule has 1 aliphatic heterocycles. The molecule has 0 aliphatic carbocycles. The summed E-state index contributed by atoms with van der Waals surface area (Å²) < 4.78 is 5.66. The lowest BCUT2D eigenvalue weighted by molar-refractivity contribution is -0.122. The third-order valence-corrected chi connectivity index (χ3v) is 4.42. The van der Waals surface area contributed by atoms with Crippen molar-refractivity contribution in [3.8, 4) is 0 Å². The molecule has 0 atom stereocenters. The second kappa shape index (κ2) is 10.3. The molecule has 0 N–H and O–H groups in total. The first-order valence-electron chi connectivity index (χ1n) is 8.81. The molecular formula is C18H35NO2. The zero-order chi connectivity index (χ0) is 15.7. The molecule has 3 heteroatoms. The molecule has 1 aliphatic rings. The number of hydrogen-bond acceptors (Lipinski definition) is 3.